The number of ether oxygens (including phenoxy) is 1. The molecule has 0 aromatic heterocycles. The van der Waals surface area contributed by atoms with Crippen LogP contribution in [0, 0.1) is 0 Å². The van der Waals surface area contributed by atoms with Crippen molar-refractivity contribution in [3.63, 3.8) is 0 Å². The number of carbonyl (C=O) groups is 2. The number of amides is 2. The molecule has 1 saturated heterocycles. The molecule has 0 saturated carbocycles. The second kappa shape index (κ2) is 8.43. The van der Waals surface area contributed by atoms with Gasteiger partial charge in [-0.25, -0.2) is 13.9 Å². The molecule has 1 aromatic carbocycles. The number of sulfonamides is 1. The van der Waals surface area contributed by atoms with E-state index in [1.165, 1.54) is 4.31 Å². The van der Waals surface area contributed by atoms with Gasteiger partial charge in [0.15, 0.2) is 0 Å². The lowest BCUT2D eigenvalue weighted by Gasteiger charge is -2.37. The van der Waals surface area contributed by atoms with Crippen LogP contribution in [0.4, 0.5) is 0 Å². The Hall–Kier alpha value is -2.21. The van der Waals surface area contributed by atoms with Crippen LogP contribution in [0.25, 0.3) is 0 Å². The molecule has 0 bridgehead atoms. The number of benzene rings is 1. The van der Waals surface area contributed by atoms with Crippen LogP contribution in [0.1, 0.15) is 15.9 Å². The van der Waals surface area contributed by atoms with Crippen molar-refractivity contribution in [3.8, 4) is 5.75 Å². The average Bonchev–Trinajstić information content (AvgIpc) is 3.15. The fourth-order valence-corrected chi connectivity index (χ4v) is 4.25. The highest BCUT2D eigenvalue weighted by molar-refractivity contribution is 7.88. The maximum absolute atomic E-state index is 12.5. The number of hydrogen-bond acceptors (Lipinski definition) is 7. The van der Waals surface area contributed by atoms with E-state index >= 15 is 0 Å². The number of carbonyl (C=O) groups excluding carboxylic acids is 2. The molecule has 2 amide bonds. The van der Waals surface area contributed by atoms with Gasteiger partial charge in [-0.1, -0.05) is 0 Å². The van der Waals surface area contributed by atoms with Crippen LogP contribution in [0.5, 0.6) is 5.75 Å². The van der Waals surface area contributed by atoms with E-state index in [1.54, 1.807) is 28.6 Å². The first-order chi connectivity index (χ1) is 13.3. The number of nitrogens with zero attached hydrogens (tertiary/aromatic N) is 2. The van der Waals surface area contributed by atoms with Crippen molar-refractivity contribution in [3.05, 3.63) is 29.3 Å². The monoisotopic (exact) mass is 412 g/mol. The Morgan fingerprint density at radius 3 is 2.61 bits per heavy atom. The molecule has 0 spiro atoms. The van der Waals surface area contributed by atoms with Gasteiger partial charge in [-0.3, -0.25) is 19.7 Å². The standard InChI is InChI=1S/C17H24N4O6S/c1-28(25,26)21-7-5-20(6-8-21)14(17(23)19-24)11-18-16(22)13-2-3-15-12(10-13)4-9-27-15/h2-3,10,14,24H,4-9,11H2,1H3,(H,18,22)(H,19,23)/t14-/m0/s1. The van der Waals surface area contributed by atoms with Gasteiger partial charge in [-0.2, -0.15) is 4.31 Å². The Balaban J connectivity index is 1.62. The smallest absolute Gasteiger partial charge is 0.262 e. The summed E-state index contributed by atoms with van der Waals surface area (Å²) >= 11 is 0. The van der Waals surface area contributed by atoms with Crippen molar-refractivity contribution >= 4 is 21.8 Å². The normalized spacial score (nSPS) is 18.8. The highest BCUT2D eigenvalue weighted by Gasteiger charge is 2.31. The van der Waals surface area contributed by atoms with Gasteiger partial charge in [0.25, 0.3) is 11.8 Å². The molecule has 3 N–H and O–H groups in total. The second-order valence-corrected chi connectivity index (χ2v) is 8.80. The summed E-state index contributed by atoms with van der Waals surface area (Å²) in [6, 6.07) is 4.36. The number of nitrogens with one attached hydrogen (secondary N) is 2. The zero-order valence-corrected chi connectivity index (χ0v) is 16.4. The maximum Gasteiger partial charge on any atom is 0.262 e. The molecule has 0 aliphatic carbocycles. The third-order valence-electron chi connectivity index (χ3n) is 5.00. The largest absolute Gasteiger partial charge is 0.493 e. The van der Waals surface area contributed by atoms with Crippen molar-refractivity contribution in [1.29, 1.82) is 0 Å². The fourth-order valence-electron chi connectivity index (χ4n) is 3.43. The summed E-state index contributed by atoms with van der Waals surface area (Å²) in [6.07, 6.45) is 1.89. The molecule has 28 heavy (non-hydrogen) atoms. The van der Waals surface area contributed by atoms with E-state index in [9.17, 15) is 18.0 Å². The first-order valence-corrected chi connectivity index (χ1v) is 10.8. The summed E-state index contributed by atoms with van der Waals surface area (Å²) in [5.74, 6) is -0.214. The lowest BCUT2D eigenvalue weighted by atomic mass is 10.1. The minimum absolute atomic E-state index is 0.0162. The zero-order chi connectivity index (χ0) is 20.3. The SMILES string of the molecule is CS(=O)(=O)N1CCN([C@@H](CNC(=O)c2ccc3c(c2)CCO3)C(=O)NO)CC1. The van der Waals surface area contributed by atoms with E-state index < -0.39 is 22.0 Å². The highest BCUT2D eigenvalue weighted by Crippen LogP contribution is 2.25. The molecule has 2 aliphatic rings. The summed E-state index contributed by atoms with van der Waals surface area (Å²) in [6.45, 7) is 1.70. The van der Waals surface area contributed by atoms with Gasteiger partial charge in [-0.05, 0) is 23.8 Å². The van der Waals surface area contributed by atoms with Crippen molar-refractivity contribution < 1.29 is 28.0 Å². The quantitative estimate of drug-likeness (QED) is 0.396. The Morgan fingerprint density at radius 1 is 1.25 bits per heavy atom. The Morgan fingerprint density at radius 2 is 1.96 bits per heavy atom. The lowest BCUT2D eigenvalue weighted by Crippen LogP contribution is -2.58. The first kappa shape index (κ1) is 20.5. The fraction of sp³-hybridized carbons (Fsp3) is 0.529. The van der Waals surface area contributed by atoms with Crippen molar-refractivity contribution in [2.75, 3.05) is 45.6 Å². The minimum atomic E-state index is -3.29. The molecule has 3 rings (SSSR count). The predicted molar refractivity (Wildman–Crippen MR) is 99.7 cm³/mol. The predicted octanol–water partition coefficient (Wildman–Crippen LogP) is -1.20. The van der Waals surface area contributed by atoms with Crippen LogP contribution in [0.15, 0.2) is 18.2 Å². The molecule has 2 aliphatic heterocycles. The second-order valence-electron chi connectivity index (χ2n) is 6.82. The van der Waals surface area contributed by atoms with E-state index in [4.69, 9.17) is 9.94 Å². The van der Waals surface area contributed by atoms with Crippen LogP contribution < -0.4 is 15.5 Å². The lowest BCUT2D eigenvalue weighted by molar-refractivity contribution is -0.135. The van der Waals surface area contributed by atoms with Gasteiger partial charge in [-0.15, -0.1) is 0 Å². The van der Waals surface area contributed by atoms with Gasteiger partial charge < -0.3 is 10.1 Å². The Labute approximate surface area is 163 Å². The Kier molecular flexibility index (Phi) is 6.18. The average molecular weight is 412 g/mol. The van der Waals surface area contributed by atoms with Gasteiger partial charge in [0.05, 0.1) is 12.9 Å². The molecule has 1 fully saturated rings. The summed E-state index contributed by atoms with van der Waals surface area (Å²) in [4.78, 5) is 26.3. The first-order valence-electron chi connectivity index (χ1n) is 8.96. The zero-order valence-electron chi connectivity index (χ0n) is 15.6. The van der Waals surface area contributed by atoms with E-state index in [2.05, 4.69) is 5.32 Å². The number of rotatable bonds is 6. The minimum Gasteiger partial charge on any atom is -0.493 e. The van der Waals surface area contributed by atoms with Gasteiger partial charge in [0, 0.05) is 44.7 Å². The van der Waals surface area contributed by atoms with Crippen molar-refractivity contribution in [2.45, 2.75) is 12.5 Å². The van der Waals surface area contributed by atoms with E-state index in [-0.39, 0.29) is 25.5 Å². The summed E-state index contributed by atoms with van der Waals surface area (Å²) < 4.78 is 30.0. The number of piperazine rings is 1. The van der Waals surface area contributed by atoms with Gasteiger partial charge >= 0.3 is 0 Å². The van der Waals surface area contributed by atoms with Crippen molar-refractivity contribution in [2.24, 2.45) is 0 Å². The van der Waals surface area contributed by atoms with E-state index in [1.807, 2.05) is 0 Å². The molecule has 11 heteroatoms. The molecule has 10 nitrogen and oxygen atoms in total. The van der Waals surface area contributed by atoms with Crippen LogP contribution in [0.2, 0.25) is 0 Å². The number of hydroxylamine groups is 1. The molecule has 154 valence electrons. The molecular weight excluding hydrogens is 388 g/mol. The van der Waals surface area contributed by atoms with E-state index in [0.717, 1.165) is 24.0 Å². The summed E-state index contributed by atoms with van der Waals surface area (Å²) in [5.41, 5.74) is 3.05. The van der Waals surface area contributed by atoms with Gasteiger partial charge in [0.1, 0.15) is 11.8 Å². The number of hydrogen-bond donors (Lipinski definition) is 3. The van der Waals surface area contributed by atoms with Crippen LogP contribution in [-0.2, 0) is 21.2 Å². The molecule has 0 radical (unpaired) electrons. The van der Waals surface area contributed by atoms with Gasteiger partial charge in [0.2, 0.25) is 10.0 Å². The summed E-state index contributed by atoms with van der Waals surface area (Å²) in [7, 11) is -3.29. The van der Waals surface area contributed by atoms with Crippen LogP contribution in [0.3, 0.4) is 0 Å². The summed E-state index contributed by atoms with van der Waals surface area (Å²) in [5, 5.41) is 11.8. The number of fused-ring (bicyclic) bond motifs is 1. The molecule has 2 heterocycles. The molecule has 1 atom stereocenters. The topological polar surface area (TPSA) is 128 Å². The molecule has 1 aromatic rings. The molecule has 0 unspecified atom stereocenters. The third-order valence-corrected chi connectivity index (χ3v) is 6.31. The Bertz CT molecular complexity index is 851. The maximum atomic E-state index is 12.5. The van der Waals surface area contributed by atoms with Crippen molar-refractivity contribution in [1.82, 2.24) is 20.0 Å². The van der Waals surface area contributed by atoms with Crippen LogP contribution >= 0.6 is 0 Å². The molecular formula is C17H24N4O6S. The highest BCUT2D eigenvalue weighted by atomic mass is 32.2. The van der Waals surface area contributed by atoms with E-state index in [0.29, 0.717) is 25.3 Å². The third kappa shape index (κ3) is 4.61. The van der Waals surface area contributed by atoms with Crippen LogP contribution in [-0.4, -0.2) is 86.3 Å².